The number of rotatable bonds is 4. The molecule has 0 radical (unpaired) electrons. The van der Waals surface area contributed by atoms with Gasteiger partial charge in [0.2, 0.25) is 0 Å². The van der Waals surface area contributed by atoms with Crippen molar-refractivity contribution < 1.29 is 20.4 Å². The first-order chi connectivity index (χ1) is 9.93. The molecule has 0 amide bonds. The molecule has 0 aromatic heterocycles. The van der Waals surface area contributed by atoms with E-state index in [1.807, 2.05) is 6.07 Å². The third kappa shape index (κ3) is 3.87. The monoisotopic (exact) mass is 335 g/mol. The van der Waals surface area contributed by atoms with Gasteiger partial charge in [-0.3, -0.25) is 4.90 Å². The standard InChI is InChI=1S/C14H19Cl2NO4/c15-9-2-1-8(5-10(9)16)3-4-17-6-12(19)14(21)13(20)11(17)7-18/h1-2,5,11-14,18-21H,3-4,6-7H2/t11-,12+,13-,14-/m1/s1. The molecule has 4 N–H and O–H groups in total. The Balaban J connectivity index is 2.02. The fraction of sp³-hybridized carbons (Fsp3) is 0.571. The second kappa shape index (κ2) is 7.24. The summed E-state index contributed by atoms with van der Waals surface area (Å²) in [4.78, 5) is 1.77. The van der Waals surface area contributed by atoms with E-state index in [2.05, 4.69) is 0 Å². The number of aliphatic hydroxyl groups excluding tert-OH is 4. The Labute approximate surface area is 133 Å². The molecule has 4 atom stereocenters. The highest BCUT2D eigenvalue weighted by atomic mass is 35.5. The molecule has 1 heterocycles. The molecule has 1 aromatic rings. The van der Waals surface area contributed by atoms with Crippen molar-refractivity contribution in [2.45, 2.75) is 30.8 Å². The van der Waals surface area contributed by atoms with Crippen molar-refractivity contribution in [3.8, 4) is 0 Å². The average Bonchev–Trinajstić information content (AvgIpc) is 2.46. The van der Waals surface area contributed by atoms with Crippen LogP contribution in [0.15, 0.2) is 18.2 Å². The van der Waals surface area contributed by atoms with Crippen LogP contribution in [0.3, 0.4) is 0 Å². The molecular formula is C14H19Cl2NO4. The van der Waals surface area contributed by atoms with Gasteiger partial charge < -0.3 is 20.4 Å². The maximum atomic E-state index is 9.91. The first kappa shape index (κ1) is 17.0. The summed E-state index contributed by atoms with van der Waals surface area (Å²) >= 11 is 11.8. The zero-order chi connectivity index (χ0) is 15.6. The number of β-amino-alcohol motifs (C(OH)–C–C–N with tert-alkyl or cyclic N) is 1. The van der Waals surface area contributed by atoms with Gasteiger partial charge in [0.05, 0.1) is 28.8 Å². The molecule has 0 spiro atoms. The van der Waals surface area contributed by atoms with E-state index in [1.54, 1.807) is 17.0 Å². The predicted molar refractivity (Wildman–Crippen MR) is 80.6 cm³/mol. The Hall–Kier alpha value is -0.400. The summed E-state index contributed by atoms with van der Waals surface area (Å²) in [5, 5.41) is 39.6. The quantitative estimate of drug-likeness (QED) is 0.636. The van der Waals surface area contributed by atoms with Crippen LogP contribution in [0.25, 0.3) is 0 Å². The van der Waals surface area contributed by atoms with Gasteiger partial charge in [0.15, 0.2) is 0 Å². The molecule has 7 heteroatoms. The summed E-state index contributed by atoms with van der Waals surface area (Å²) in [5.41, 5.74) is 0.969. The highest BCUT2D eigenvalue weighted by molar-refractivity contribution is 6.42. The van der Waals surface area contributed by atoms with Crippen LogP contribution in [-0.4, -0.2) is 69.4 Å². The lowest BCUT2D eigenvalue weighted by Gasteiger charge is -2.43. The van der Waals surface area contributed by atoms with E-state index in [0.717, 1.165) is 5.56 Å². The van der Waals surface area contributed by atoms with E-state index in [9.17, 15) is 20.4 Å². The van der Waals surface area contributed by atoms with Gasteiger partial charge in [0.25, 0.3) is 0 Å². The third-order valence-corrected chi connectivity index (χ3v) is 4.63. The molecule has 1 aromatic carbocycles. The minimum absolute atomic E-state index is 0.199. The van der Waals surface area contributed by atoms with Gasteiger partial charge in [-0.15, -0.1) is 0 Å². The van der Waals surface area contributed by atoms with Crippen LogP contribution < -0.4 is 0 Å². The summed E-state index contributed by atoms with van der Waals surface area (Å²) in [6.07, 6.45) is -2.81. The van der Waals surface area contributed by atoms with Crippen LogP contribution in [0, 0.1) is 0 Å². The maximum absolute atomic E-state index is 9.91. The molecule has 0 bridgehead atoms. The minimum atomic E-state index is -1.23. The van der Waals surface area contributed by atoms with Crippen molar-refractivity contribution in [1.82, 2.24) is 4.90 Å². The van der Waals surface area contributed by atoms with E-state index in [0.29, 0.717) is 23.0 Å². The summed E-state index contributed by atoms with van der Waals surface area (Å²) in [6.45, 7) is 0.432. The van der Waals surface area contributed by atoms with Gasteiger partial charge in [0, 0.05) is 13.1 Å². The predicted octanol–water partition coefficient (Wildman–Crippen LogP) is 0.295. The van der Waals surface area contributed by atoms with Crippen LogP contribution >= 0.6 is 23.2 Å². The fourth-order valence-electron chi connectivity index (χ4n) is 2.60. The highest BCUT2D eigenvalue weighted by Crippen LogP contribution is 2.24. The molecule has 21 heavy (non-hydrogen) atoms. The number of aliphatic hydroxyl groups is 4. The molecule has 1 aliphatic heterocycles. The third-order valence-electron chi connectivity index (χ3n) is 3.89. The van der Waals surface area contributed by atoms with Crippen molar-refractivity contribution >= 4 is 23.2 Å². The lowest BCUT2D eigenvalue weighted by atomic mass is 9.94. The highest BCUT2D eigenvalue weighted by Gasteiger charge is 2.40. The number of hydrogen-bond donors (Lipinski definition) is 4. The average molecular weight is 336 g/mol. The molecule has 1 saturated heterocycles. The Kier molecular flexibility index (Phi) is 5.85. The first-order valence-electron chi connectivity index (χ1n) is 6.77. The van der Waals surface area contributed by atoms with Crippen LogP contribution in [0.5, 0.6) is 0 Å². The summed E-state index contributed by atoms with van der Waals surface area (Å²) < 4.78 is 0. The van der Waals surface area contributed by atoms with Crippen molar-refractivity contribution in [1.29, 1.82) is 0 Å². The second-order valence-electron chi connectivity index (χ2n) is 5.29. The summed E-state index contributed by atoms with van der Waals surface area (Å²) in [5.74, 6) is 0. The maximum Gasteiger partial charge on any atom is 0.109 e. The Morgan fingerprint density at radius 1 is 1.10 bits per heavy atom. The van der Waals surface area contributed by atoms with Crippen molar-refractivity contribution in [3.63, 3.8) is 0 Å². The van der Waals surface area contributed by atoms with Crippen molar-refractivity contribution in [2.24, 2.45) is 0 Å². The number of piperidine rings is 1. The smallest absolute Gasteiger partial charge is 0.109 e. The zero-order valence-electron chi connectivity index (χ0n) is 11.4. The summed E-state index contributed by atoms with van der Waals surface area (Å²) in [6, 6.07) is 4.75. The van der Waals surface area contributed by atoms with Gasteiger partial charge in [-0.25, -0.2) is 0 Å². The van der Waals surface area contributed by atoms with E-state index >= 15 is 0 Å². The molecule has 1 aliphatic rings. The number of nitrogens with zero attached hydrogens (tertiary/aromatic N) is 1. The molecule has 0 saturated carbocycles. The number of likely N-dealkylation sites (tertiary alicyclic amines) is 1. The van der Waals surface area contributed by atoms with Gasteiger partial charge in [-0.2, -0.15) is 0 Å². The SMILES string of the molecule is OC[C@@H]1[C@@H](O)[C@H](O)[C@@H](O)CN1CCc1ccc(Cl)c(Cl)c1. The molecule has 0 unspecified atom stereocenters. The summed E-state index contributed by atoms with van der Waals surface area (Å²) in [7, 11) is 0. The van der Waals surface area contributed by atoms with Gasteiger partial charge >= 0.3 is 0 Å². The Morgan fingerprint density at radius 2 is 1.81 bits per heavy atom. The van der Waals surface area contributed by atoms with Crippen molar-refractivity contribution in [2.75, 3.05) is 19.7 Å². The minimum Gasteiger partial charge on any atom is -0.395 e. The number of benzene rings is 1. The van der Waals surface area contributed by atoms with Crippen molar-refractivity contribution in [3.05, 3.63) is 33.8 Å². The topological polar surface area (TPSA) is 84.2 Å². The van der Waals surface area contributed by atoms with E-state index in [-0.39, 0.29) is 13.2 Å². The van der Waals surface area contributed by atoms with Gasteiger partial charge in [-0.1, -0.05) is 29.3 Å². The lowest BCUT2D eigenvalue weighted by Crippen LogP contribution is -2.62. The molecular weight excluding hydrogens is 317 g/mol. The van der Waals surface area contributed by atoms with Gasteiger partial charge in [-0.05, 0) is 24.1 Å². The molecule has 0 aliphatic carbocycles. The number of halogens is 2. The molecule has 5 nitrogen and oxygen atoms in total. The van der Waals surface area contributed by atoms with E-state index < -0.39 is 24.4 Å². The Bertz CT molecular complexity index is 488. The fourth-order valence-corrected chi connectivity index (χ4v) is 2.92. The largest absolute Gasteiger partial charge is 0.395 e. The Morgan fingerprint density at radius 3 is 2.43 bits per heavy atom. The van der Waals surface area contributed by atoms with Crippen LogP contribution in [-0.2, 0) is 6.42 Å². The van der Waals surface area contributed by atoms with Crippen LogP contribution in [0.1, 0.15) is 5.56 Å². The molecule has 1 fully saturated rings. The molecule has 2 rings (SSSR count). The van der Waals surface area contributed by atoms with Gasteiger partial charge in [0.1, 0.15) is 12.2 Å². The van der Waals surface area contributed by atoms with Crippen LogP contribution in [0.4, 0.5) is 0 Å². The zero-order valence-corrected chi connectivity index (χ0v) is 12.9. The normalized spacial score (nSPS) is 30.6. The number of hydrogen-bond acceptors (Lipinski definition) is 5. The van der Waals surface area contributed by atoms with Crippen LogP contribution in [0.2, 0.25) is 10.0 Å². The second-order valence-corrected chi connectivity index (χ2v) is 6.11. The van der Waals surface area contributed by atoms with E-state index in [1.165, 1.54) is 0 Å². The first-order valence-corrected chi connectivity index (χ1v) is 7.52. The lowest BCUT2D eigenvalue weighted by molar-refractivity contribution is -0.144. The van der Waals surface area contributed by atoms with E-state index in [4.69, 9.17) is 23.2 Å². The molecule has 118 valence electrons.